The van der Waals surface area contributed by atoms with Crippen molar-refractivity contribution < 1.29 is 23.8 Å². The average Bonchev–Trinajstić information content (AvgIpc) is 3.37. The van der Waals surface area contributed by atoms with Crippen LogP contribution in [0.5, 0.6) is 11.5 Å². The van der Waals surface area contributed by atoms with Gasteiger partial charge in [-0.05, 0) is 79.2 Å². The van der Waals surface area contributed by atoms with Crippen molar-refractivity contribution in [3.8, 4) is 11.5 Å². The zero-order valence-corrected chi connectivity index (χ0v) is 22.3. The van der Waals surface area contributed by atoms with Crippen LogP contribution in [0.1, 0.15) is 35.4 Å². The van der Waals surface area contributed by atoms with Crippen molar-refractivity contribution >= 4 is 17.2 Å². The van der Waals surface area contributed by atoms with Crippen molar-refractivity contribution in [3.63, 3.8) is 0 Å². The molecular weight excluding hydrogens is 491 g/mol. The van der Waals surface area contributed by atoms with E-state index in [0.29, 0.717) is 32.0 Å². The standard InChI is InChI=1S/C29H35FN2O4S/c1-3-14-31(17-23(33)19-36-27-7-5-4-6-21(27)2)18-29(34)32-15-12-28-25(13-16-37-28)26(32)20-35-24-10-8-22(30)9-11-24/h4-11,13,16,23,26,33H,3,12,14-15,17-20H2,1-2H3/t23-,26+/m1/s1. The van der Waals surface area contributed by atoms with E-state index >= 15 is 0 Å². The molecule has 3 aromatic rings. The van der Waals surface area contributed by atoms with Crippen LogP contribution in [0.3, 0.4) is 0 Å². The molecule has 6 nitrogen and oxygen atoms in total. The first-order valence-electron chi connectivity index (χ1n) is 12.8. The summed E-state index contributed by atoms with van der Waals surface area (Å²) >= 11 is 1.70. The number of aliphatic hydroxyl groups is 1. The molecule has 0 unspecified atom stereocenters. The van der Waals surface area contributed by atoms with Gasteiger partial charge < -0.3 is 19.5 Å². The molecule has 1 aliphatic heterocycles. The lowest BCUT2D eigenvalue weighted by molar-refractivity contribution is -0.136. The summed E-state index contributed by atoms with van der Waals surface area (Å²) in [5.74, 6) is 1.01. The van der Waals surface area contributed by atoms with Gasteiger partial charge >= 0.3 is 0 Å². The molecule has 0 saturated heterocycles. The minimum Gasteiger partial charge on any atom is -0.491 e. The van der Waals surface area contributed by atoms with Crippen molar-refractivity contribution in [2.24, 2.45) is 0 Å². The number of nitrogens with zero attached hydrogens (tertiary/aromatic N) is 2. The van der Waals surface area contributed by atoms with Gasteiger partial charge in [0.2, 0.25) is 5.91 Å². The van der Waals surface area contributed by atoms with Crippen LogP contribution in [0.15, 0.2) is 60.0 Å². The monoisotopic (exact) mass is 526 g/mol. The fraction of sp³-hybridized carbons (Fsp3) is 0.414. The second-order valence-electron chi connectivity index (χ2n) is 9.38. The van der Waals surface area contributed by atoms with Crippen LogP contribution in [-0.2, 0) is 11.2 Å². The van der Waals surface area contributed by atoms with E-state index in [1.807, 2.05) is 41.0 Å². The highest BCUT2D eigenvalue weighted by Crippen LogP contribution is 2.34. The van der Waals surface area contributed by atoms with Crippen LogP contribution in [0, 0.1) is 12.7 Å². The van der Waals surface area contributed by atoms with E-state index < -0.39 is 6.10 Å². The molecule has 37 heavy (non-hydrogen) atoms. The highest BCUT2D eigenvalue weighted by Gasteiger charge is 2.33. The lowest BCUT2D eigenvalue weighted by Crippen LogP contribution is -2.48. The molecule has 0 spiro atoms. The van der Waals surface area contributed by atoms with Gasteiger partial charge in [0.05, 0.1) is 12.6 Å². The summed E-state index contributed by atoms with van der Waals surface area (Å²) in [5.41, 5.74) is 2.13. The van der Waals surface area contributed by atoms with Gasteiger partial charge in [-0.15, -0.1) is 11.3 Å². The van der Waals surface area contributed by atoms with Crippen LogP contribution in [0.4, 0.5) is 4.39 Å². The minimum absolute atomic E-state index is 0.00466. The predicted molar refractivity (Wildman–Crippen MR) is 144 cm³/mol. The number of rotatable bonds is 12. The van der Waals surface area contributed by atoms with Crippen molar-refractivity contribution in [2.75, 3.05) is 39.4 Å². The Kier molecular flexibility index (Phi) is 9.55. The van der Waals surface area contributed by atoms with Gasteiger partial charge in [-0.25, -0.2) is 4.39 Å². The van der Waals surface area contributed by atoms with Gasteiger partial charge in [-0.3, -0.25) is 9.69 Å². The fourth-order valence-corrected chi connectivity index (χ4v) is 5.60. The quantitative estimate of drug-likeness (QED) is 0.366. The number of carbonyl (C=O) groups excluding carboxylic acids is 1. The summed E-state index contributed by atoms with van der Waals surface area (Å²) in [6, 6.07) is 15.5. The molecule has 2 heterocycles. The molecule has 8 heteroatoms. The first-order chi connectivity index (χ1) is 17.9. The van der Waals surface area contributed by atoms with Crippen LogP contribution >= 0.6 is 11.3 Å². The summed E-state index contributed by atoms with van der Waals surface area (Å²) in [4.78, 5) is 18.7. The molecule has 0 aliphatic carbocycles. The van der Waals surface area contributed by atoms with Gasteiger partial charge in [-0.2, -0.15) is 0 Å². The number of hydrogen-bond donors (Lipinski definition) is 1. The van der Waals surface area contributed by atoms with E-state index in [1.54, 1.807) is 23.5 Å². The van der Waals surface area contributed by atoms with Gasteiger partial charge in [0.15, 0.2) is 0 Å². The third kappa shape index (κ3) is 7.31. The third-order valence-electron chi connectivity index (χ3n) is 6.53. The van der Waals surface area contributed by atoms with Crippen molar-refractivity contribution in [1.29, 1.82) is 0 Å². The van der Waals surface area contributed by atoms with E-state index in [9.17, 15) is 14.3 Å². The highest BCUT2D eigenvalue weighted by molar-refractivity contribution is 7.10. The third-order valence-corrected chi connectivity index (χ3v) is 7.53. The Bertz CT molecular complexity index is 1150. The van der Waals surface area contributed by atoms with Crippen LogP contribution in [0.25, 0.3) is 0 Å². The van der Waals surface area contributed by atoms with Crippen LogP contribution < -0.4 is 9.47 Å². The zero-order valence-electron chi connectivity index (χ0n) is 21.4. The summed E-state index contributed by atoms with van der Waals surface area (Å²) in [6.07, 6.45) is 0.957. The number of aliphatic hydroxyl groups excluding tert-OH is 1. The number of halogens is 1. The molecule has 1 aliphatic rings. The highest BCUT2D eigenvalue weighted by atomic mass is 32.1. The average molecular weight is 527 g/mol. The number of hydrogen-bond acceptors (Lipinski definition) is 6. The molecule has 1 amide bonds. The minimum atomic E-state index is -0.721. The molecule has 2 aromatic carbocycles. The summed E-state index contributed by atoms with van der Waals surface area (Å²) < 4.78 is 25.1. The molecule has 0 saturated carbocycles. The molecule has 2 atom stereocenters. The number of para-hydroxylation sites is 1. The van der Waals surface area contributed by atoms with Gasteiger partial charge in [-0.1, -0.05) is 25.1 Å². The lowest BCUT2D eigenvalue weighted by atomic mass is 10.0. The Labute approximate surface area is 222 Å². The van der Waals surface area contributed by atoms with E-state index in [0.717, 1.165) is 29.7 Å². The molecule has 1 N–H and O–H groups in total. The number of thiophene rings is 1. The predicted octanol–water partition coefficient (Wildman–Crippen LogP) is 4.85. The summed E-state index contributed by atoms with van der Waals surface area (Å²) in [7, 11) is 0. The van der Waals surface area contributed by atoms with Gasteiger partial charge in [0.1, 0.15) is 36.6 Å². The normalized spacial score (nSPS) is 15.9. The molecule has 0 radical (unpaired) electrons. The van der Waals surface area contributed by atoms with E-state index in [2.05, 4.69) is 18.4 Å². The van der Waals surface area contributed by atoms with Crippen molar-refractivity contribution in [3.05, 3.63) is 81.8 Å². The first-order valence-corrected chi connectivity index (χ1v) is 13.7. The Morgan fingerprint density at radius 2 is 1.97 bits per heavy atom. The van der Waals surface area contributed by atoms with E-state index in [1.165, 1.54) is 17.0 Å². The van der Waals surface area contributed by atoms with Crippen LogP contribution in [-0.4, -0.2) is 66.3 Å². The maximum Gasteiger partial charge on any atom is 0.237 e. The number of carbonyl (C=O) groups is 1. The first kappa shape index (κ1) is 27.1. The Morgan fingerprint density at radius 1 is 1.19 bits per heavy atom. The molecular formula is C29H35FN2O4S. The zero-order chi connectivity index (χ0) is 26.2. The fourth-order valence-electron chi connectivity index (χ4n) is 4.67. The maximum atomic E-state index is 13.6. The topological polar surface area (TPSA) is 62.2 Å². The molecule has 0 bridgehead atoms. The number of ether oxygens (including phenoxy) is 2. The lowest BCUT2D eigenvalue weighted by Gasteiger charge is -2.37. The van der Waals surface area contributed by atoms with Gasteiger partial charge in [0, 0.05) is 18.0 Å². The van der Waals surface area contributed by atoms with E-state index in [-0.39, 0.29) is 30.9 Å². The molecule has 4 rings (SSSR count). The van der Waals surface area contributed by atoms with E-state index in [4.69, 9.17) is 9.47 Å². The molecule has 1 aromatic heterocycles. The Balaban J connectivity index is 1.38. The Hall–Kier alpha value is -2.94. The number of aryl methyl sites for hydroxylation is 1. The van der Waals surface area contributed by atoms with Crippen molar-refractivity contribution in [1.82, 2.24) is 9.80 Å². The summed E-state index contributed by atoms with van der Waals surface area (Å²) in [5, 5.41) is 12.7. The summed E-state index contributed by atoms with van der Waals surface area (Å²) in [6.45, 7) is 6.35. The number of benzene rings is 2. The van der Waals surface area contributed by atoms with Gasteiger partial charge in [0.25, 0.3) is 0 Å². The second kappa shape index (κ2) is 13.0. The maximum absolute atomic E-state index is 13.6. The van der Waals surface area contributed by atoms with Crippen LogP contribution in [0.2, 0.25) is 0 Å². The largest absolute Gasteiger partial charge is 0.491 e. The number of amides is 1. The van der Waals surface area contributed by atoms with Crippen molar-refractivity contribution in [2.45, 2.75) is 38.8 Å². The SMILES string of the molecule is CCCN(CC(=O)N1CCc2sccc2[C@@H]1COc1ccc(F)cc1)C[C@@H](O)COc1ccccc1C. The second-order valence-corrected chi connectivity index (χ2v) is 10.4. The number of fused-ring (bicyclic) bond motifs is 1. The Morgan fingerprint density at radius 3 is 2.73 bits per heavy atom. The smallest absolute Gasteiger partial charge is 0.237 e. The molecule has 198 valence electrons. The molecule has 0 fully saturated rings.